The molecule has 0 aromatic heterocycles. The molecule has 0 nitrogen and oxygen atoms in total. The molecule has 0 fully saturated rings. The van der Waals surface area contributed by atoms with Crippen LogP contribution in [0.15, 0.2) is 0 Å². The quantitative estimate of drug-likeness (QED) is 0.351. The normalized spacial score (nSPS) is 16.6. The maximum Gasteiger partial charge on any atom is -0.0360 e. The first-order valence-electron chi connectivity index (χ1n) is 9.46. The van der Waals surface area contributed by atoms with Gasteiger partial charge < -0.3 is 0 Å². The Kier molecular flexibility index (Phi) is 11.6. The zero-order chi connectivity index (χ0) is 15.5. The summed E-state index contributed by atoms with van der Waals surface area (Å²) in [5.74, 6) is 4.59. The molecule has 20 heavy (non-hydrogen) atoms. The van der Waals surface area contributed by atoms with Crippen LogP contribution in [0, 0.1) is 29.6 Å². The molecule has 0 aliphatic heterocycles. The van der Waals surface area contributed by atoms with Crippen LogP contribution >= 0.6 is 0 Å². The lowest BCUT2D eigenvalue weighted by Gasteiger charge is -2.32. The summed E-state index contributed by atoms with van der Waals surface area (Å²) >= 11 is 0. The maximum absolute atomic E-state index is 2.49. The second kappa shape index (κ2) is 11.6. The van der Waals surface area contributed by atoms with Gasteiger partial charge in [0.1, 0.15) is 0 Å². The van der Waals surface area contributed by atoms with Crippen LogP contribution in [-0.4, -0.2) is 0 Å². The summed E-state index contributed by atoms with van der Waals surface area (Å²) in [6.07, 6.45) is 11.2. The molecule has 0 spiro atoms. The van der Waals surface area contributed by atoms with Gasteiger partial charge in [0.15, 0.2) is 0 Å². The summed E-state index contributed by atoms with van der Waals surface area (Å²) < 4.78 is 0. The van der Waals surface area contributed by atoms with Gasteiger partial charge in [-0.25, -0.2) is 0 Å². The zero-order valence-corrected chi connectivity index (χ0v) is 15.5. The predicted molar refractivity (Wildman–Crippen MR) is 94.1 cm³/mol. The van der Waals surface area contributed by atoms with E-state index in [9.17, 15) is 0 Å². The highest BCUT2D eigenvalue weighted by atomic mass is 14.3. The van der Waals surface area contributed by atoms with Crippen molar-refractivity contribution in [3.05, 3.63) is 0 Å². The Balaban J connectivity index is 4.42. The fraction of sp³-hybridized carbons (Fsp3) is 1.00. The fourth-order valence-electron chi connectivity index (χ4n) is 3.68. The van der Waals surface area contributed by atoms with E-state index in [0.29, 0.717) is 0 Å². The Bertz CT molecular complexity index is 200. The third kappa shape index (κ3) is 8.32. The van der Waals surface area contributed by atoms with Crippen molar-refractivity contribution in [2.24, 2.45) is 29.6 Å². The van der Waals surface area contributed by atoms with Gasteiger partial charge in [0.2, 0.25) is 0 Å². The molecular weight excluding hydrogens is 240 g/mol. The summed E-state index contributed by atoms with van der Waals surface area (Å²) in [5.41, 5.74) is 0. The van der Waals surface area contributed by atoms with E-state index >= 15 is 0 Å². The van der Waals surface area contributed by atoms with Gasteiger partial charge >= 0.3 is 0 Å². The van der Waals surface area contributed by atoms with Crippen LogP contribution in [0.5, 0.6) is 0 Å². The lowest BCUT2D eigenvalue weighted by molar-refractivity contribution is 0.180. The van der Waals surface area contributed by atoms with Gasteiger partial charge in [0.25, 0.3) is 0 Å². The van der Waals surface area contributed by atoms with Crippen LogP contribution in [0.3, 0.4) is 0 Å². The summed E-state index contributed by atoms with van der Waals surface area (Å²) in [4.78, 5) is 0. The molecule has 122 valence electrons. The molecule has 0 rings (SSSR count). The minimum Gasteiger partial charge on any atom is -0.0654 e. The van der Waals surface area contributed by atoms with E-state index in [4.69, 9.17) is 0 Å². The highest BCUT2D eigenvalue weighted by Crippen LogP contribution is 2.35. The fourth-order valence-corrected chi connectivity index (χ4v) is 3.68. The van der Waals surface area contributed by atoms with E-state index in [1.807, 2.05) is 0 Å². The molecule has 0 heterocycles. The summed E-state index contributed by atoms with van der Waals surface area (Å²) in [6, 6.07) is 0. The molecule has 0 aromatic rings. The van der Waals surface area contributed by atoms with E-state index in [-0.39, 0.29) is 0 Å². The van der Waals surface area contributed by atoms with Gasteiger partial charge in [-0.3, -0.25) is 0 Å². The van der Waals surface area contributed by atoms with Crippen LogP contribution < -0.4 is 0 Å². The molecule has 0 aliphatic rings. The van der Waals surface area contributed by atoms with E-state index < -0.39 is 0 Å². The van der Waals surface area contributed by atoms with Crippen molar-refractivity contribution in [1.82, 2.24) is 0 Å². The molecule has 3 unspecified atom stereocenters. The van der Waals surface area contributed by atoms with Crippen molar-refractivity contribution >= 4 is 0 Å². The molecule has 0 aliphatic carbocycles. The first kappa shape index (κ1) is 20.0. The SMILES string of the molecule is CCCC(CCC)C(CC(C)CCC(C)CC)C(C)C. The molecule has 0 radical (unpaired) electrons. The molecule has 3 atom stereocenters. The van der Waals surface area contributed by atoms with Crippen molar-refractivity contribution in [3.63, 3.8) is 0 Å². The van der Waals surface area contributed by atoms with Gasteiger partial charge in [-0.05, 0) is 36.0 Å². The second-order valence-corrected chi connectivity index (χ2v) is 7.68. The van der Waals surface area contributed by atoms with E-state index in [0.717, 1.165) is 29.6 Å². The molecule has 0 saturated carbocycles. The minimum absolute atomic E-state index is 0.851. The summed E-state index contributed by atoms with van der Waals surface area (Å²) in [6.45, 7) is 16.8. The lowest BCUT2D eigenvalue weighted by atomic mass is 9.73. The predicted octanol–water partition coefficient (Wildman–Crippen LogP) is 7.33. The van der Waals surface area contributed by atoms with Gasteiger partial charge in [0.05, 0.1) is 0 Å². The standard InChI is InChI=1S/C20H42/c1-8-11-19(12-9-2)20(16(4)5)15-18(7)14-13-17(6)10-3/h16-20H,8-15H2,1-7H3. The first-order chi connectivity index (χ1) is 9.46. The summed E-state index contributed by atoms with van der Waals surface area (Å²) in [7, 11) is 0. The van der Waals surface area contributed by atoms with E-state index in [1.54, 1.807) is 0 Å². The van der Waals surface area contributed by atoms with Gasteiger partial charge in [-0.1, -0.05) is 93.4 Å². The van der Waals surface area contributed by atoms with Gasteiger partial charge in [0, 0.05) is 0 Å². The Morgan fingerprint density at radius 2 is 1.15 bits per heavy atom. The smallest absolute Gasteiger partial charge is 0.0360 e. The van der Waals surface area contributed by atoms with Crippen molar-refractivity contribution < 1.29 is 0 Å². The Hall–Kier alpha value is 0. The van der Waals surface area contributed by atoms with E-state index in [2.05, 4.69) is 48.5 Å². The third-order valence-electron chi connectivity index (χ3n) is 5.30. The highest BCUT2D eigenvalue weighted by Gasteiger charge is 2.25. The first-order valence-corrected chi connectivity index (χ1v) is 9.46. The Labute approximate surface area is 130 Å². The topological polar surface area (TPSA) is 0 Å². The average Bonchev–Trinajstić information content (AvgIpc) is 2.41. The molecule has 0 aromatic carbocycles. The monoisotopic (exact) mass is 282 g/mol. The molecule has 0 bridgehead atoms. The average molecular weight is 283 g/mol. The van der Waals surface area contributed by atoms with Crippen LogP contribution in [0.25, 0.3) is 0 Å². The molecule has 0 heteroatoms. The van der Waals surface area contributed by atoms with Gasteiger partial charge in [-0.15, -0.1) is 0 Å². The van der Waals surface area contributed by atoms with Gasteiger partial charge in [-0.2, -0.15) is 0 Å². The third-order valence-corrected chi connectivity index (χ3v) is 5.30. The van der Waals surface area contributed by atoms with Crippen molar-refractivity contribution in [3.8, 4) is 0 Å². The van der Waals surface area contributed by atoms with Crippen LogP contribution in [-0.2, 0) is 0 Å². The lowest BCUT2D eigenvalue weighted by Crippen LogP contribution is -2.23. The van der Waals surface area contributed by atoms with Crippen LogP contribution in [0.4, 0.5) is 0 Å². The molecule has 0 saturated heterocycles. The molecular formula is C20H42. The van der Waals surface area contributed by atoms with E-state index in [1.165, 1.54) is 51.4 Å². The largest absolute Gasteiger partial charge is 0.0654 e. The number of hydrogen-bond acceptors (Lipinski definition) is 0. The Morgan fingerprint density at radius 3 is 1.55 bits per heavy atom. The second-order valence-electron chi connectivity index (χ2n) is 7.68. The highest BCUT2D eigenvalue weighted by molar-refractivity contribution is 4.75. The summed E-state index contributed by atoms with van der Waals surface area (Å²) in [5, 5.41) is 0. The molecule has 0 amide bonds. The van der Waals surface area contributed by atoms with Crippen LogP contribution in [0.1, 0.15) is 99.8 Å². The number of rotatable bonds is 12. The Morgan fingerprint density at radius 1 is 0.650 bits per heavy atom. The molecule has 0 N–H and O–H groups in total. The minimum atomic E-state index is 0.851. The zero-order valence-electron chi connectivity index (χ0n) is 15.5. The van der Waals surface area contributed by atoms with Crippen molar-refractivity contribution in [2.45, 2.75) is 99.8 Å². The van der Waals surface area contributed by atoms with Crippen molar-refractivity contribution in [1.29, 1.82) is 0 Å². The number of hydrogen-bond donors (Lipinski definition) is 0. The van der Waals surface area contributed by atoms with Crippen molar-refractivity contribution in [2.75, 3.05) is 0 Å². The maximum atomic E-state index is 2.49. The van der Waals surface area contributed by atoms with Crippen LogP contribution in [0.2, 0.25) is 0 Å².